The summed E-state index contributed by atoms with van der Waals surface area (Å²) in [5, 5.41) is 8.85. The van der Waals surface area contributed by atoms with E-state index in [1.54, 1.807) is 24.3 Å². The van der Waals surface area contributed by atoms with Crippen LogP contribution in [0.3, 0.4) is 0 Å². The van der Waals surface area contributed by atoms with Gasteiger partial charge in [-0.1, -0.05) is 11.6 Å². The molecule has 0 unspecified atom stereocenters. The van der Waals surface area contributed by atoms with Gasteiger partial charge in [-0.3, -0.25) is 0 Å². The summed E-state index contributed by atoms with van der Waals surface area (Å²) >= 11 is 5.55. The van der Waals surface area contributed by atoms with E-state index in [2.05, 4.69) is 4.98 Å². The molecule has 0 radical (unpaired) electrons. The predicted molar refractivity (Wildman–Crippen MR) is 45.9 cm³/mol. The fourth-order valence-electron chi connectivity index (χ4n) is 0.508. The zero-order chi connectivity index (χ0) is 6.69. The Morgan fingerprint density at radius 2 is 1.70 bits per heavy atom. The standard InChI is InChI=1S/C6H4ClN2.H2P/c7-5-1-3-6(9-8)4-2-5;/h1-4H;1H2/q+1;-1. The Bertz CT molecular complexity index is 239. The quantitative estimate of drug-likeness (QED) is 0.436. The lowest BCUT2D eigenvalue weighted by atomic mass is 10.3. The van der Waals surface area contributed by atoms with E-state index in [0.29, 0.717) is 10.7 Å². The lowest BCUT2D eigenvalue weighted by Gasteiger charge is -1.78. The van der Waals surface area contributed by atoms with Crippen molar-refractivity contribution in [1.82, 2.24) is 0 Å². The Labute approximate surface area is 67.4 Å². The number of hydrogen-bond acceptors (Lipinski definition) is 1. The SMILES string of the molecule is N#[N+]c1ccc(Cl)cc1.[PH2-]. The van der Waals surface area contributed by atoms with Crippen molar-refractivity contribution in [3.8, 4) is 0 Å². The number of hydrogen-bond donors (Lipinski definition) is 0. The van der Waals surface area contributed by atoms with Crippen LogP contribution < -0.4 is 0 Å². The molecule has 0 saturated heterocycles. The average Bonchev–Trinajstić information content (AvgIpc) is 1.90. The van der Waals surface area contributed by atoms with Gasteiger partial charge in [0.25, 0.3) is 0 Å². The summed E-state index contributed by atoms with van der Waals surface area (Å²) in [5.74, 6) is 0. The summed E-state index contributed by atoms with van der Waals surface area (Å²) in [5.41, 5.74) is 0.513. The fraction of sp³-hybridized carbons (Fsp3) is 0. The molecule has 52 valence electrons. The maximum absolute atomic E-state index is 8.21. The van der Waals surface area contributed by atoms with E-state index in [9.17, 15) is 0 Å². The Balaban J connectivity index is 0.000000810. The van der Waals surface area contributed by atoms with E-state index in [4.69, 9.17) is 17.0 Å². The van der Waals surface area contributed by atoms with Crippen LogP contribution in [0.1, 0.15) is 0 Å². The van der Waals surface area contributed by atoms with Crippen LogP contribution in [0, 0.1) is 5.39 Å². The fourth-order valence-corrected chi connectivity index (χ4v) is 0.634. The van der Waals surface area contributed by atoms with Crippen molar-refractivity contribution in [2.45, 2.75) is 0 Å². The largest absolute Gasteiger partial charge is 0.577 e. The Morgan fingerprint density at radius 3 is 2.10 bits per heavy atom. The summed E-state index contributed by atoms with van der Waals surface area (Å²) in [6.45, 7) is 0. The lowest BCUT2D eigenvalue weighted by Crippen LogP contribution is -1.59. The van der Waals surface area contributed by atoms with Gasteiger partial charge < -0.3 is 9.90 Å². The van der Waals surface area contributed by atoms with Crippen LogP contribution in [0.25, 0.3) is 4.98 Å². The second-order valence-electron chi connectivity index (χ2n) is 1.58. The maximum Gasteiger partial charge on any atom is 0.385 e. The zero-order valence-corrected chi connectivity index (χ0v) is 7.07. The first kappa shape index (κ1) is 9.36. The van der Waals surface area contributed by atoms with Crippen LogP contribution in [0.4, 0.5) is 5.69 Å². The smallest absolute Gasteiger partial charge is 0.385 e. The third-order valence-electron chi connectivity index (χ3n) is 0.942. The van der Waals surface area contributed by atoms with Gasteiger partial charge in [0, 0.05) is 17.2 Å². The molecule has 10 heavy (non-hydrogen) atoms. The molecule has 0 N–H and O–H groups in total. The van der Waals surface area contributed by atoms with E-state index >= 15 is 0 Å². The number of halogens is 1. The molecule has 0 spiro atoms. The van der Waals surface area contributed by atoms with Crippen molar-refractivity contribution in [1.29, 1.82) is 5.39 Å². The van der Waals surface area contributed by atoms with Gasteiger partial charge in [-0.05, 0) is 12.1 Å². The number of diazo groups is 1. The molecule has 4 heteroatoms. The van der Waals surface area contributed by atoms with Gasteiger partial charge in [0.1, 0.15) is 0 Å². The maximum atomic E-state index is 8.21. The van der Waals surface area contributed by atoms with Crippen LogP contribution in [0.5, 0.6) is 0 Å². The molecule has 0 aromatic heterocycles. The van der Waals surface area contributed by atoms with Gasteiger partial charge >= 0.3 is 5.69 Å². The molecule has 1 aromatic carbocycles. The third kappa shape index (κ3) is 2.31. The topological polar surface area (TPSA) is 28.1 Å². The minimum Gasteiger partial charge on any atom is -0.577 e. The van der Waals surface area contributed by atoms with Gasteiger partial charge in [0.2, 0.25) is 5.39 Å². The molecule has 2 nitrogen and oxygen atoms in total. The van der Waals surface area contributed by atoms with Gasteiger partial charge in [-0.25, -0.2) is 0 Å². The molecule has 0 saturated carbocycles. The molecule has 0 fully saturated rings. The van der Waals surface area contributed by atoms with Crippen LogP contribution in [0.15, 0.2) is 24.3 Å². The Hall–Kier alpha value is -0.640. The molecule has 0 atom stereocenters. The van der Waals surface area contributed by atoms with Crippen molar-refractivity contribution < 1.29 is 0 Å². The number of rotatable bonds is 0. The first-order valence-corrected chi connectivity index (χ1v) is 2.81. The molecular formula is C6H6ClN2P. The van der Waals surface area contributed by atoms with Gasteiger partial charge in [-0.15, -0.1) is 0 Å². The zero-order valence-electron chi connectivity index (χ0n) is 5.16. The molecule has 0 amide bonds. The molecule has 0 aliphatic heterocycles. The van der Waals surface area contributed by atoms with Crippen molar-refractivity contribution >= 4 is 27.2 Å². The van der Waals surface area contributed by atoms with Crippen LogP contribution >= 0.6 is 21.5 Å². The van der Waals surface area contributed by atoms with Crippen LogP contribution in [-0.2, 0) is 0 Å². The highest BCUT2D eigenvalue weighted by Crippen LogP contribution is 2.15. The molecular weight excluding hydrogens is 167 g/mol. The third-order valence-corrected chi connectivity index (χ3v) is 1.19. The van der Waals surface area contributed by atoms with E-state index in [1.807, 2.05) is 0 Å². The van der Waals surface area contributed by atoms with Crippen molar-refractivity contribution in [3.63, 3.8) is 0 Å². The van der Waals surface area contributed by atoms with E-state index in [0.717, 1.165) is 0 Å². The van der Waals surface area contributed by atoms with Gasteiger partial charge in [0.15, 0.2) is 4.98 Å². The summed E-state index contributed by atoms with van der Waals surface area (Å²) in [6.07, 6.45) is 0. The van der Waals surface area contributed by atoms with E-state index < -0.39 is 0 Å². The van der Waals surface area contributed by atoms with Crippen LogP contribution in [-0.4, -0.2) is 0 Å². The van der Waals surface area contributed by atoms with Crippen molar-refractivity contribution in [2.24, 2.45) is 0 Å². The molecule has 0 aliphatic rings. The Kier molecular flexibility index (Phi) is 3.95. The lowest BCUT2D eigenvalue weighted by molar-refractivity contribution is 1.46. The second-order valence-corrected chi connectivity index (χ2v) is 2.01. The second kappa shape index (κ2) is 4.22. The molecule has 0 heterocycles. The molecule has 0 bridgehead atoms. The Morgan fingerprint density at radius 1 is 1.20 bits per heavy atom. The number of benzene rings is 1. The van der Waals surface area contributed by atoms with Crippen LogP contribution in [0.2, 0.25) is 5.02 Å². The average molecular weight is 173 g/mol. The summed E-state index contributed by atoms with van der Waals surface area (Å²) < 4.78 is 0. The summed E-state index contributed by atoms with van der Waals surface area (Å²) in [7, 11) is 0. The van der Waals surface area contributed by atoms with E-state index in [-0.39, 0.29) is 9.90 Å². The van der Waals surface area contributed by atoms with Gasteiger partial charge in [-0.2, -0.15) is 0 Å². The molecule has 0 aliphatic carbocycles. The summed E-state index contributed by atoms with van der Waals surface area (Å²) in [6, 6.07) is 6.58. The summed E-state index contributed by atoms with van der Waals surface area (Å²) in [4.78, 5) is 2.95. The molecule has 1 rings (SSSR count). The first-order chi connectivity index (χ1) is 4.33. The monoisotopic (exact) mass is 172 g/mol. The predicted octanol–water partition coefficient (Wildman–Crippen LogP) is 3.15. The highest BCUT2D eigenvalue weighted by molar-refractivity contribution is 6.92. The highest BCUT2D eigenvalue weighted by atomic mass is 35.5. The number of nitrogens with zero attached hydrogens (tertiary/aromatic N) is 2. The minimum absolute atomic E-state index is 0. The van der Waals surface area contributed by atoms with Gasteiger partial charge in [0.05, 0.1) is 0 Å². The molecule has 1 aromatic rings. The normalized spacial score (nSPS) is 7.60. The minimum atomic E-state index is 0. The van der Waals surface area contributed by atoms with E-state index in [1.165, 1.54) is 0 Å². The first-order valence-electron chi connectivity index (χ1n) is 2.43. The highest BCUT2D eigenvalue weighted by Gasteiger charge is 1.99. The van der Waals surface area contributed by atoms with Crippen molar-refractivity contribution in [3.05, 3.63) is 34.3 Å². The van der Waals surface area contributed by atoms with Crippen molar-refractivity contribution in [2.75, 3.05) is 0 Å².